The van der Waals surface area contributed by atoms with Crippen LogP contribution in [0.3, 0.4) is 0 Å². The van der Waals surface area contributed by atoms with E-state index in [4.69, 9.17) is 4.74 Å². The van der Waals surface area contributed by atoms with Crippen molar-refractivity contribution in [3.63, 3.8) is 0 Å². The fourth-order valence-corrected chi connectivity index (χ4v) is 3.23. The molecule has 0 aromatic heterocycles. The zero-order valence-electron chi connectivity index (χ0n) is 13.8. The van der Waals surface area contributed by atoms with Gasteiger partial charge in [0, 0.05) is 18.0 Å². The average Bonchev–Trinajstić information content (AvgIpc) is 3.23. The molecule has 0 radical (unpaired) electrons. The Morgan fingerprint density at radius 2 is 1.79 bits per heavy atom. The standard InChI is InChI=1S/C19H24FNO3/c20-15-8-6-14(7-9-15)18(19(23)21-16-10-11-16)24-17(22)12-5-13-3-1-2-4-13/h6-9,13,16,18H,1-5,10-12H2,(H,21,23). The normalized spacial score (nSPS) is 19.0. The van der Waals surface area contributed by atoms with Gasteiger partial charge in [0.2, 0.25) is 6.10 Å². The second-order valence-electron chi connectivity index (χ2n) is 6.89. The average molecular weight is 333 g/mol. The maximum Gasteiger partial charge on any atom is 0.306 e. The van der Waals surface area contributed by atoms with Gasteiger partial charge in [0.25, 0.3) is 5.91 Å². The number of carbonyl (C=O) groups excluding carboxylic acids is 2. The molecule has 1 atom stereocenters. The molecule has 2 fully saturated rings. The van der Waals surface area contributed by atoms with Gasteiger partial charge in [-0.15, -0.1) is 0 Å². The molecule has 2 aliphatic rings. The molecule has 0 spiro atoms. The van der Waals surface area contributed by atoms with Crippen LogP contribution in [0.25, 0.3) is 0 Å². The molecular weight excluding hydrogens is 309 g/mol. The van der Waals surface area contributed by atoms with E-state index in [0.29, 0.717) is 17.9 Å². The molecule has 5 heteroatoms. The molecule has 1 aromatic carbocycles. The predicted octanol–water partition coefficient (Wildman–Crippen LogP) is 3.66. The molecule has 1 amide bonds. The molecular formula is C19H24FNO3. The summed E-state index contributed by atoms with van der Waals surface area (Å²) >= 11 is 0. The van der Waals surface area contributed by atoms with E-state index in [1.54, 1.807) is 0 Å². The highest BCUT2D eigenvalue weighted by atomic mass is 19.1. The highest BCUT2D eigenvalue weighted by Crippen LogP contribution is 2.29. The fraction of sp³-hybridized carbons (Fsp3) is 0.579. The number of amides is 1. The topological polar surface area (TPSA) is 55.4 Å². The Morgan fingerprint density at radius 3 is 2.42 bits per heavy atom. The van der Waals surface area contributed by atoms with Crippen LogP contribution in [0, 0.1) is 11.7 Å². The summed E-state index contributed by atoms with van der Waals surface area (Å²) in [6, 6.07) is 5.73. The van der Waals surface area contributed by atoms with E-state index in [9.17, 15) is 14.0 Å². The second kappa shape index (κ2) is 7.77. The van der Waals surface area contributed by atoms with Gasteiger partial charge in [0.15, 0.2) is 0 Å². The van der Waals surface area contributed by atoms with E-state index < -0.39 is 6.10 Å². The number of hydrogen-bond acceptors (Lipinski definition) is 3. The van der Waals surface area contributed by atoms with Crippen LogP contribution in [0.5, 0.6) is 0 Å². The Balaban J connectivity index is 1.60. The number of rotatable bonds is 7. The fourth-order valence-electron chi connectivity index (χ4n) is 3.23. The first-order chi connectivity index (χ1) is 11.6. The number of benzene rings is 1. The van der Waals surface area contributed by atoms with Gasteiger partial charge < -0.3 is 10.1 Å². The van der Waals surface area contributed by atoms with Crippen molar-refractivity contribution < 1.29 is 18.7 Å². The van der Waals surface area contributed by atoms with Gasteiger partial charge >= 0.3 is 5.97 Å². The van der Waals surface area contributed by atoms with E-state index in [2.05, 4.69) is 5.32 Å². The third-order valence-corrected chi connectivity index (χ3v) is 4.82. The van der Waals surface area contributed by atoms with Crippen LogP contribution in [0.4, 0.5) is 4.39 Å². The van der Waals surface area contributed by atoms with Gasteiger partial charge in [-0.05, 0) is 37.3 Å². The number of halogens is 1. The smallest absolute Gasteiger partial charge is 0.306 e. The Morgan fingerprint density at radius 1 is 1.12 bits per heavy atom. The lowest BCUT2D eigenvalue weighted by molar-refractivity contribution is -0.156. The van der Waals surface area contributed by atoms with Crippen molar-refractivity contribution >= 4 is 11.9 Å². The van der Waals surface area contributed by atoms with Gasteiger partial charge in [-0.2, -0.15) is 0 Å². The van der Waals surface area contributed by atoms with Crippen LogP contribution in [0.1, 0.15) is 63.0 Å². The van der Waals surface area contributed by atoms with Crippen LogP contribution >= 0.6 is 0 Å². The van der Waals surface area contributed by atoms with Crippen molar-refractivity contribution in [3.05, 3.63) is 35.6 Å². The molecule has 1 N–H and O–H groups in total. The van der Waals surface area contributed by atoms with Crippen LogP contribution in [-0.4, -0.2) is 17.9 Å². The largest absolute Gasteiger partial charge is 0.447 e. The van der Waals surface area contributed by atoms with Crippen molar-refractivity contribution in [2.45, 2.75) is 63.5 Å². The molecule has 1 aromatic rings. The van der Waals surface area contributed by atoms with E-state index in [0.717, 1.165) is 19.3 Å². The first kappa shape index (κ1) is 16.9. The molecule has 0 bridgehead atoms. The Labute approximate surface area is 141 Å². The zero-order chi connectivity index (χ0) is 16.9. The Bertz CT molecular complexity index is 577. The van der Waals surface area contributed by atoms with Crippen molar-refractivity contribution in [1.82, 2.24) is 5.32 Å². The molecule has 24 heavy (non-hydrogen) atoms. The van der Waals surface area contributed by atoms with E-state index >= 15 is 0 Å². The third-order valence-electron chi connectivity index (χ3n) is 4.82. The summed E-state index contributed by atoms with van der Waals surface area (Å²) in [6.07, 6.45) is 6.90. The summed E-state index contributed by atoms with van der Waals surface area (Å²) in [4.78, 5) is 24.6. The molecule has 0 aliphatic heterocycles. The third kappa shape index (κ3) is 4.79. The molecule has 2 aliphatic carbocycles. The second-order valence-corrected chi connectivity index (χ2v) is 6.89. The molecule has 130 valence electrons. The highest BCUT2D eigenvalue weighted by Gasteiger charge is 2.31. The van der Waals surface area contributed by atoms with Crippen LogP contribution in [-0.2, 0) is 14.3 Å². The molecule has 3 rings (SSSR count). The lowest BCUT2D eigenvalue weighted by Gasteiger charge is -2.18. The van der Waals surface area contributed by atoms with Crippen LogP contribution < -0.4 is 5.32 Å². The minimum atomic E-state index is -0.998. The van der Waals surface area contributed by atoms with Gasteiger partial charge in [-0.1, -0.05) is 37.8 Å². The summed E-state index contributed by atoms with van der Waals surface area (Å²) in [7, 11) is 0. The van der Waals surface area contributed by atoms with Gasteiger partial charge in [-0.25, -0.2) is 4.39 Å². The summed E-state index contributed by atoms with van der Waals surface area (Å²) in [5.41, 5.74) is 0.503. The summed E-state index contributed by atoms with van der Waals surface area (Å²) < 4.78 is 18.6. The summed E-state index contributed by atoms with van der Waals surface area (Å²) in [6.45, 7) is 0. The minimum Gasteiger partial charge on any atom is -0.447 e. The van der Waals surface area contributed by atoms with Gasteiger partial charge in [0.1, 0.15) is 5.82 Å². The first-order valence-corrected chi connectivity index (χ1v) is 8.87. The predicted molar refractivity (Wildman–Crippen MR) is 87.6 cm³/mol. The number of nitrogens with one attached hydrogen (secondary N) is 1. The monoisotopic (exact) mass is 333 g/mol. The molecule has 4 nitrogen and oxygen atoms in total. The maximum absolute atomic E-state index is 13.1. The number of hydrogen-bond donors (Lipinski definition) is 1. The zero-order valence-corrected chi connectivity index (χ0v) is 13.8. The molecule has 1 unspecified atom stereocenters. The minimum absolute atomic E-state index is 0.178. The quantitative estimate of drug-likeness (QED) is 0.775. The van der Waals surface area contributed by atoms with E-state index in [-0.39, 0.29) is 23.7 Å². The van der Waals surface area contributed by atoms with Crippen molar-refractivity contribution in [1.29, 1.82) is 0 Å². The van der Waals surface area contributed by atoms with Crippen LogP contribution in [0.15, 0.2) is 24.3 Å². The van der Waals surface area contributed by atoms with Crippen molar-refractivity contribution in [3.8, 4) is 0 Å². The summed E-state index contributed by atoms with van der Waals surface area (Å²) in [5.74, 6) is -0.463. The lowest BCUT2D eigenvalue weighted by Crippen LogP contribution is -2.33. The molecule has 2 saturated carbocycles. The Hall–Kier alpha value is -1.91. The van der Waals surface area contributed by atoms with Crippen molar-refractivity contribution in [2.75, 3.05) is 0 Å². The number of ether oxygens (including phenoxy) is 1. The number of carbonyl (C=O) groups is 2. The van der Waals surface area contributed by atoms with Crippen molar-refractivity contribution in [2.24, 2.45) is 5.92 Å². The molecule has 0 saturated heterocycles. The first-order valence-electron chi connectivity index (χ1n) is 8.87. The molecule has 0 heterocycles. The van der Waals surface area contributed by atoms with Crippen LogP contribution in [0.2, 0.25) is 0 Å². The van der Waals surface area contributed by atoms with E-state index in [1.165, 1.54) is 49.9 Å². The van der Waals surface area contributed by atoms with Gasteiger partial charge in [0.05, 0.1) is 0 Å². The summed E-state index contributed by atoms with van der Waals surface area (Å²) in [5, 5.41) is 2.86. The number of esters is 1. The lowest BCUT2D eigenvalue weighted by atomic mass is 10.0. The van der Waals surface area contributed by atoms with E-state index in [1.807, 2.05) is 0 Å². The maximum atomic E-state index is 13.1. The highest BCUT2D eigenvalue weighted by molar-refractivity contribution is 5.85. The van der Waals surface area contributed by atoms with Gasteiger partial charge in [-0.3, -0.25) is 9.59 Å². The Kier molecular flexibility index (Phi) is 5.48. The SMILES string of the molecule is O=C(CCC1CCCC1)OC(C(=O)NC1CC1)c1ccc(F)cc1.